The molecule has 2 aromatic rings. The molecule has 29 heavy (non-hydrogen) atoms. The molecule has 0 heterocycles. The Morgan fingerprint density at radius 3 is 2.52 bits per heavy atom. The maximum Gasteiger partial charge on any atom is 0.337 e. The fraction of sp³-hybridized carbons (Fsp3) is 0.391. The van der Waals surface area contributed by atoms with Crippen molar-refractivity contribution in [1.82, 2.24) is 0 Å². The van der Waals surface area contributed by atoms with E-state index in [0.717, 1.165) is 24.2 Å². The SMILES string of the molecule is COC(=O)c1ccc(OC(=O)CCc2cccc(OC3CCCC3)c2)c(OC)c1. The summed E-state index contributed by atoms with van der Waals surface area (Å²) in [4.78, 5) is 23.9. The summed E-state index contributed by atoms with van der Waals surface area (Å²) in [5.41, 5.74) is 1.34. The van der Waals surface area contributed by atoms with Crippen LogP contribution >= 0.6 is 0 Å². The number of hydrogen-bond donors (Lipinski definition) is 0. The molecular weight excluding hydrogens is 372 g/mol. The van der Waals surface area contributed by atoms with Gasteiger partial charge in [-0.05, 0) is 68.0 Å². The minimum atomic E-state index is -0.485. The van der Waals surface area contributed by atoms with E-state index < -0.39 is 5.97 Å². The number of rotatable bonds is 8. The number of carbonyl (C=O) groups excluding carboxylic acids is 2. The predicted octanol–water partition coefficient (Wildman–Crippen LogP) is 4.34. The van der Waals surface area contributed by atoms with E-state index in [1.165, 1.54) is 45.3 Å². The third-order valence-electron chi connectivity index (χ3n) is 4.93. The summed E-state index contributed by atoms with van der Waals surface area (Å²) in [6, 6.07) is 12.4. The molecule has 3 rings (SSSR count). The zero-order valence-corrected chi connectivity index (χ0v) is 16.8. The lowest BCUT2D eigenvalue weighted by Gasteiger charge is -2.14. The Balaban J connectivity index is 1.56. The van der Waals surface area contributed by atoms with Gasteiger partial charge < -0.3 is 18.9 Å². The summed E-state index contributed by atoms with van der Waals surface area (Å²) in [5, 5.41) is 0. The number of benzene rings is 2. The first-order valence-electron chi connectivity index (χ1n) is 9.81. The van der Waals surface area contributed by atoms with E-state index >= 15 is 0 Å². The third kappa shape index (κ3) is 5.73. The fourth-order valence-corrected chi connectivity index (χ4v) is 3.39. The van der Waals surface area contributed by atoms with Crippen molar-refractivity contribution in [2.24, 2.45) is 0 Å². The maximum atomic E-state index is 12.3. The zero-order valence-electron chi connectivity index (χ0n) is 16.8. The topological polar surface area (TPSA) is 71.1 Å². The van der Waals surface area contributed by atoms with Crippen molar-refractivity contribution in [3.63, 3.8) is 0 Å². The second kappa shape index (κ2) is 9.96. The third-order valence-corrected chi connectivity index (χ3v) is 4.93. The van der Waals surface area contributed by atoms with Gasteiger partial charge in [0.05, 0.1) is 25.9 Å². The summed E-state index contributed by atoms with van der Waals surface area (Å²) in [6.07, 6.45) is 5.72. The standard InChI is InChI=1S/C23H26O6/c1-26-21-15-17(23(25)27-2)11-12-20(21)29-22(24)13-10-16-6-5-9-19(14-16)28-18-7-3-4-8-18/h5-6,9,11-12,14-15,18H,3-4,7-8,10,13H2,1-2H3. The van der Waals surface area contributed by atoms with Crippen LogP contribution in [0.3, 0.4) is 0 Å². The first-order valence-corrected chi connectivity index (χ1v) is 9.81. The zero-order chi connectivity index (χ0) is 20.6. The van der Waals surface area contributed by atoms with E-state index in [9.17, 15) is 9.59 Å². The Bertz CT molecular complexity index is 854. The van der Waals surface area contributed by atoms with E-state index in [-0.39, 0.29) is 18.1 Å². The molecule has 0 bridgehead atoms. The Labute approximate surface area is 170 Å². The number of esters is 2. The van der Waals surface area contributed by atoms with E-state index in [0.29, 0.717) is 23.8 Å². The molecule has 0 aliphatic heterocycles. The number of hydrogen-bond acceptors (Lipinski definition) is 6. The molecule has 1 saturated carbocycles. The van der Waals surface area contributed by atoms with Gasteiger partial charge in [0.25, 0.3) is 0 Å². The van der Waals surface area contributed by atoms with Gasteiger partial charge in [-0.3, -0.25) is 4.79 Å². The van der Waals surface area contributed by atoms with E-state index in [1.54, 1.807) is 0 Å². The van der Waals surface area contributed by atoms with E-state index in [4.69, 9.17) is 14.2 Å². The monoisotopic (exact) mass is 398 g/mol. The van der Waals surface area contributed by atoms with Gasteiger partial charge in [-0.1, -0.05) is 12.1 Å². The lowest BCUT2D eigenvalue weighted by atomic mass is 10.1. The summed E-state index contributed by atoms with van der Waals surface area (Å²) >= 11 is 0. The normalized spacial score (nSPS) is 13.7. The van der Waals surface area contributed by atoms with Crippen LogP contribution in [0.2, 0.25) is 0 Å². The molecule has 2 aromatic carbocycles. The van der Waals surface area contributed by atoms with Crippen molar-refractivity contribution in [2.45, 2.75) is 44.6 Å². The largest absolute Gasteiger partial charge is 0.493 e. The summed E-state index contributed by atoms with van der Waals surface area (Å²) in [7, 11) is 2.75. The quantitative estimate of drug-likeness (QED) is 0.487. The summed E-state index contributed by atoms with van der Waals surface area (Å²) < 4.78 is 21.3. The molecule has 0 spiro atoms. The molecule has 0 amide bonds. The van der Waals surface area contributed by atoms with Crippen molar-refractivity contribution < 1.29 is 28.5 Å². The lowest BCUT2D eigenvalue weighted by molar-refractivity contribution is -0.134. The Morgan fingerprint density at radius 1 is 1.00 bits per heavy atom. The van der Waals surface area contributed by atoms with Crippen LogP contribution in [0, 0.1) is 0 Å². The van der Waals surface area contributed by atoms with Crippen molar-refractivity contribution in [1.29, 1.82) is 0 Å². The molecule has 1 fully saturated rings. The van der Waals surface area contributed by atoms with Crippen LogP contribution in [0.15, 0.2) is 42.5 Å². The summed E-state index contributed by atoms with van der Waals surface area (Å²) in [6.45, 7) is 0. The van der Waals surface area contributed by atoms with Gasteiger partial charge >= 0.3 is 11.9 Å². The molecule has 1 aliphatic carbocycles. The molecule has 0 N–H and O–H groups in total. The number of methoxy groups -OCH3 is 2. The first kappa shape index (κ1) is 20.7. The molecule has 6 nitrogen and oxygen atoms in total. The van der Waals surface area contributed by atoms with Gasteiger partial charge in [0.2, 0.25) is 0 Å². The fourth-order valence-electron chi connectivity index (χ4n) is 3.39. The Morgan fingerprint density at radius 2 is 1.79 bits per heavy atom. The van der Waals surface area contributed by atoms with Crippen molar-refractivity contribution in [2.75, 3.05) is 14.2 Å². The van der Waals surface area contributed by atoms with Crippen LogP contribution in [-0.2, 0) is 16.0 Å². The van der Waals surface area contributed by atoms with Crippen LogP contribution in [0.4, 0.5) is 0 Å². The molecule has 0 unspecified atom stereocenters. The van der Waals surface area contributed by atoms with Crippen molar-refractivity contribution >= 4 is 11.9 Å². The molecule has 0 aromatic heterocycles. The maximum absolute atomic E-state index is 12.3. The van der Waals surface area contributed by atoms with Gasteiger partial charge in [0.1, 0.15) is 5.75 Å². The van der Waals surface area contributed by atoms with Gasteiger partial charge in [0.15, 0.2) is 11.5 Å². The molecule has 154 valence electrons. The van der Waals surface area contributed by atoms with E-state index in [1.807, 2.05) is 24.3 Å². The molecule has 6 heteroatoms. The highest BCUT2D eigenvalue weighted by atomic mass is 16.6. The highest BCUT2D eigenvalue weighted by Gasteiger charge is 2.17. The average Bonchev–Trinajstić information content (AvgIpc) is 3.25. The second-order valence-corrected chi connectivity index (χ2v) is 7.00. The highest BCUT2D eigenvalue weighted by Crippen LogP contribution is 2.29. The van der Waals surface area contributed by atoms with Crippen LogP contribution in [-0.4, -0.2) is 32.3 Å². The minimum absolute atomic E-state index is 0.217. The van der Waals surface area contributed by atoms with Gasteiger partial charge in [-0.25, -0.2) is 4.79 Å². The smallest absolute Gasteiger partial charge is 0.337 e. The molecular formula is C23H26O6. The highest BCUT2D eigenvalue weighted by molar-refractivity contribution is 5.90. The van der Waals surface area contributed by atoms with Gasteiger partial charge in [-0.15, -0.1) is 0 Å². The molecule has 0 saturated heterocycles. The van der Waals surface area contributed by atoms with Crippen LogP contribution in [0.5, 0.6) is 17.2 Å². The Kier molecular flexibility index (Phi) is 7.11. The molecule has 0 atom stereocenters. The molecule has 0 radical (unpaired) electrons. The first-order chi connectivity index (χ1) is 14.1. The minimum Gasteiger partial charge on any atom is -0.493 e. The number of aryl methyl sites for hydroxylation is 1. The van der Waals surface area contributed by atoms with Gasteiger partial charge in [0, 0.05) is 6.42 Å². The average molecular weight is 398 g/mol. The van der Waals surface area contributed by atoms with Crippen LogP contribution < -0.4 is 14.2 Å². The summed E-state index contributed by atoms with van der Waals surface area (Å²) in [5.74, 6) is 0.552. The number of ether oxygens (including phenoxy) is 4. The van der Waals surface area contributed by atoms with Crippen molar-refractivity contribution in [3.05, 3.63) is 53.6 Å². The predicted molar refractivity (Wildman–Crippen MR) is 108 cm³/mol. The van der Waals surface area contributed by atoms with Crippen LogP contribution in [0.1, 0.15) is 48.0 Å². The molecule has 1 aliphatic rings. The lowest BCUT2D eigenvalue weighted by Crippen LogP contribution is -2.12. The van der Waals surface area contributed by atoms with Gasteiger partial charge in [-0.2, -0.15) is 0 Å². The second-order valence-electron chi connectivity index (χ2n) is 7.00. The Hall–Kier alpha value is -3.02. The van der Waals surface area contributed by atoms with Crippen molar-refractivity contribution in [3.8, 4) is 17.2 Å². The van der Waals surface area contributed by atoms with Crippen LogP contribution in [0.25, 0.3) is 0 Å². The van der Waals surface area contributed by atoms with E-state index in [2.05, 4.69) is 4.74 Å². The number of carbonyl (C=O) groups is 2.